The van der Waals surface area contributed by atoms with Gasteiger partial charge in [0.15, 0.2) is 0 Å². The molecule has 0 aliphatic carbocycles. The zero-order chi connectivity index (χ0) is 34.0. The lowest BCUT2D eigenvalue weighted by molar-refractivity contribution is 0.00578. The van der Waals surface area contributed by atoms with Crippen LogP contribution in [-0.2, 0) is 20.1 Å². The average molecular weight is 633 g/mol. The molecule has 6 aromatic rings. The van der Waals surface area contributed by atoms with Gasteiger partial charge in [-0.2, -0.15) is 0 Å². The van der Waals surface area contributed by atoms with Gasteiger partial charge in [-0.15, -0.1) is 0 Å². The third-order valence-corrected chi connectivity index (χ3v) is 10.9. The lowest BCUT2D eigenvalue weighted by Gasteiger charge is -2.32. The highest BCUT2D eigenvalue weighted by molar-refractivity contribution is 6.62. The first-order valence-corrected chi connectivity index (χ1v) is 17.3. The van der Waals surface area contributed by atoms with Crippen LogP contribution in [0.3, 0.4) is 0 Å². The van der Waals surface area contributed by atoms with Crippen LogP contribution in [0.4, 0.5) is 0 Å². The van der Waals surface area contributed by atoms with Crippen LogP contribution in [0.15, 0.2) is 91.0 Å². The highest BCUT2D eigenvalue weighted by atomic mass is 16.7. The molecule has 0 atom stereocenters. The third-order valence-electron chi connectivity index (χ3n) is 10.9. The highest BCUT2D eigenvalue weighted by Crippen LogP contribution is 2.49. The van der Waals surface area contributed by atoms with Crippen molar-refractivity contribution in [3.63, 3.8) is 0 Å². The van der Waals surface area contributed by atoms with Gasteiger partial charge in [-0.25, -0.2) is 0 Å². The first-order chi connectivity index (χ1) is 22.5. The molecule has 0 saturated carbocycles. The predicted molar refractivity (Wildman–Crippen MR) is 203 cm³/mol. The molecule has 1 fully saturated rings. The van der Waals surface area contributed by atoms with Crippen molar-refractivity contribution < 1.29 is 14.0 Å². The summed E-state index contributed by atoms with van der Waals surface area (Å²) in [5, 5.41) is 7.54. The minimum Gasteiger partial charge on any atom is -0.456 e. The summed E-state index contributed by atoms with van der Waals surface area (Å²) in [6.07, 6.45) is 0. The summed E-state index contributed by atoms with van der Waals surface area (Å²) in [6, 6.07) is 33.4. The van der Waals surface area contributed by atoms with Crippen molar-refractivity contribution in [2.24, 2.45) is 0 Å². The Morgan fingerprint density at radius 1 is 0.521 bits per heavy atom. The SMILES string of the molecule is CC(C)(C)c1c2ccc(-c3ccc4c(c3)Oc3cccc5cccc-4c35)cc2c(C(C)(C)C)c2ccc(B3OC(C)(C)C(C)(C)O3)cc12. The van der Waals surface area contributed by atoms with Gasteiger partial charge in [-0.1, -0.05) is 108 Å². The van der Waals surface area contributed by atoms with Crippen molar-refractivity contribution in [3.05, 3.63) is 102 Å². The van der Waals surface area contributed by atoms with E-state index < -0.39 is 18.3 Å². The maximum absolute atomic E-state index is 6.56. The van der Waals surface area contributed by atoms with Gasteiger partial charge in [0.1, 0.15) is 11.5 Å². The lowest BCUT2D eigenvalue weighted by Crippen LogP contribution is -2.41. The summed E-state index contributed by atoms with van der Waals surface area (Å²) >= 11 is 0. The summed E-state index contributed by atoms with van der Waals surface area (Å²) in [5.74, 6) is 1.82. The molecular formula is C44H45BO3. The van der Waals surface area contributed by atoms with Crippen molar-refractivity contribution in [1.29, 1.82) is 0 Å². The normalized spacial score (nSPS) is 16.8. The summed E-state index contributed by atoms with van der Waals surface area (Å²) in [4.78, 5) is 0. The van der Waals surface area contributed by atoms with E-state index in [1.165, 1.54) is 54.6 Å². The summed E-state index contributed by atoms with van der Waals surface area (Å²) in [5.41, 5.74) is 7.48. The molecule has 1 saturated heterocycles. The molecule has 0 unspecified atom stereocenters. The number of fused-ring (bicyclic) bond motifs is 4. The van der Waals surface area contributed by atoms with Gasteiger partial charge < -0.3 is 14.0 Å². The van der Waals surface area contributed by atoms with Gasteiger partial charge in [0, 0.05) is 10.9 Å². The van der Waals surface area contributed by atoms with E-state index in [-0.39, 0.29) is 10.8 Å². The summed E-state index contributed by atoms with van der Waals surface area (Å²) in [6.45, 7) is 22.4. The quantitative estimate of drug-likeness (QED) is 0.140. The van der Waals surface area contributed by atoms with Crippen molar-refractivity contribution in [3.8, 4) is 33.8 Å². The van der Waals surface area contributed by atoms with Crippen LogP contribution in [-0.4, -0.2) is 18.3 Å². The molecule has 0 amide bonds. The molecule has 0 bridgehead atoms. The van der Waals surface area contributed by atoms with Gasteiger partial charge in [0.25, 0.3) is 0 Å². The molecule has 0 N–H and O–H groups in total. The minimum atomic E-state index is -0.409. The number of rotatable bonds is 2. The fourth-order valence-corrected chi connectivity index (χ4v) is 7.91. The smallest absolute Gasteiger partial charge is 0.456 e. The highest BCUT2D eigenvalue weighted by Gasteiger charge is 2.51. The Labute approximate surface area is 285 Å². The van der Waals surface area contributed by atoms with Gasteiger partial charge >= 0.3 is 7.12 Å². The van der Waals surface area contributed by atoms with Crippen molar-refractivity contribution in [1.82, 2.24) is 0 Å². The third kappa shape index (κ3) is 4.71. The molecule has 48 heavy (non-hydrogen) atoms. The molecule has 0 aromatic heterocycles. The molecule has 6 aromatic carbocycles. The summed E-state index contributed by atoms with van der Waals surface area (Å²) in [7, 11) is -0.409. The lowest BCUT2D eigenvalue weighted by atomic mass is 9.71. The fourth-order valence-electron chi connectivity index (χ4n) is 7.91. The topological polar surface area (TPSA) is 27.7 Å². The monoisotopic (exact) mass is 632 g/mol. The van der Waals surface area contributed by atoms with E-state index in [2.05, 4.69) is 160 Å². The van der Waals surface area contributed by atoms with Gasteiger partial charge in [-0.3, -0.25) is 0 Å². The first-order valence-electron chi connectivity index (χ1n) is 17.3. The Morgan fingerprint density at radius 3 is 1.73 bits per heavy atom. The van der Waals surface area contributed by atoms with E-state index >= 15 is 0 Å². The van der Waals surface area contributed by atoms with Gasteiger partial charge in [0.05, 0.1) is 11.2 Å². The molecular weight excluding hydrogens is 587 g/mol. The Bertz CT molecular complexity index is 2280. The van der Waals surface area contributed by atoms with Crippen LogP contribution in [0.2, 0.25) is 0 Å². The minimum absolute atomic E-state index is 0.0985. The first kappa shape index (κ1) is 31.2. The molecule has 242 valence electrons. The largest absolute Gasteiger partial charge is 0.494 e. The Balaban J connectivity index is 1.32. The second kappa shape index (κ2) is 10.2. The van der Waals surface area contributed by atoms with E-state index in [1.807, 2.05) is 0 Å². The zero-order valence-corrected chi connectivity index (χ0v) is 30.0. The van der Waals surface area contributed by atoms with E-state index in [4.69, 9.17) is 14.0 Å². The van der Waals surface area contributed by atoms with Crippen LogP contribution < -0.4 is 10.2 Å². The molecule has 8 rings (SSSR count). The molecule has 2 aliphatic rings. The molecule has 3 nitrogen and oxygen atoms in total. The number of hydrogen-bond acceptors (Lipinski definition) is 3. The number of benzene rings is 6. The fraction of sp³-hybridized carbons (Fsp3) is 0.318. The van der Waals surface area contributed by atoms with Crippen molar-refractivity contribution in [2.45, 2.75) is 91.3 Å². The average Bonchev–Trinajstić information content (AvgIpc) is 3.24. The molecule has 2 heterocycles. The van der Waals surface area contributed by atoms with Crippen LogP contribution in [0.25, 0.3) is 54.6 Å². The molecule has 0 spiro atoms. The van der Waals surface area contributed by atoms with Crippen LogP contribution >= 0.6 is 0 Å². The number of hydrogen-bond donors (Lipinski definition) is 0. The van der Waals surface area contributed by atoms with Crippen molar-refractivity contribution in [2.75, 3.05) is 0 Å². The standard InChI is InChI=1S/C44H45BO3/c1-41(2,3)39-33-22-19-29(45-47-43(7,8)44(9,10)48-45)25-35(33)40(42(4,5)6)32-21-18-27(23-34(32)39)28-17-20-30-31-15-11-13-26-14-12-16-36(38(26)31)46-37(30)24-28/h11-25H,1-10H3. The van der Waals surface area contributed by atoms with Gasteiger partial charge in [0.2, 0.25) is 0 Å². The second-order valence-electron chi connectivity index (χ2n) is 16.9. The van der Waals surface area contributed by atoms with E-state index in [9.17, 15) is 0 Å². The summed E-state index contributed by atoms with van der Waals surface area (Å²) < 4.78 is 19.6. The Hall–Kier alpha value is -4.12. The predicted octanol–water partition coefficient (Wildman–Crippen LogP) is 11.5. The van der Waals surface area contributed by atoms with E-state index in [0.29, 0.717) is 0 Å². The van der Waals surface area contributed by atoms with Crippen LogP contribution in [0.1, 0.15) is 80.4 Å². The van der Waals surface area contributed by atoms with Gasteiger partial charge in [-0.05, 0) is 123 Å². The van der Waals surface area contributed by atoms with Crippen molar-refractivity contribution >= 4 is 44.9 Å². The van der Waals surface area contributed by atoms with E-state index in [0.717, 1.165) is 28.1 Å². The van der Waals surface area contributed by atoms with E-state index in [1.54, 1.807) is 0 Å². The number of ether oxygens (including phenoxy) is 1. The zero-order valence-electron chi connectivity index (χ0n) is 30.0. The van der Waals surface area contributed by atoms with Crippen LogP contribution in [0, 0.1) is 0 Å². The maximum Gasteiger partial charge on any atom is 0.494 e. The molecule has 0 radical (unpaired) electrons. The Kier molecular flexibility index (Phi) is 6.62. The second-order valence-corrected chi connectivity index (χ2v) is 16.9. The van der Waals surface area contributed by atoms with Crippen LogP contribution in [0.5, 0.6) is 11.5 Å². The Morgan fingerprint density at radius 2 is 1.08 bits per heavy atom. The maximum atomic E-state index is 6.56. The molecule has 2 aliphatic heterocycles. The molecule has 4 heteroatoms.